The second-order valence-corrected chi connectivity index (χ2v) is 7.47. The number of benzene rings is 3. The van der Waals surface area contributed by atoms with E-state index in [1.165, 1.54) is 28.8 Å². The number of nitrogens with zero attached hydrogens (tertiary/aromatic N) is 2. The Bertz CT molecular complexity index is 1570. The van der Waals surface area contributed by atoms with Crippen molar-refractivity contribution in [1.82, 2.24) is 9.55 Å². The number of nitro groups is 1. The minimum Gasteiger partial charge on any atom is -0.439 e. The van der Waals surface area contributed by atoms with Crippen molar-refractivity contribution in [3.05, 3.63) is 110 Å². The van der Waals surface area contributed by atoms with Gasteiger partial charge in [0.25, 0.3) is 11.2 Å². The Kier molecular flexibility index (Phi) is 4.76. The summed E-state index contributed by atoms with van der Waals surface area (Å²) in [7, 11) is 0. The molecule has 2 aromatic heterocycles. The normalized spacial score (nSPS) is 11.0. The first-order chi connectivity index (χ1) is 15.5. The largest absolute Gasteiger partial charge is 0.439 e. The maximum atomic E-state index is 13.7. The molecule has 1 N–H and O–H groups in total. The number of hydrogen-bond acceptors (Lipinski definition) is 5. The van der Waals surface area contributed by atoms with E-state index in [1.54, 1.807) is 0 Å². The number of hydrogen-bond donors (Lipinski definition) is 1. The summed E-state index contributed by atoms with van der Waals surface area (Å²) in [4.78, 5) is 27.2. The standard InChI is InChI=1S/C24H15N3O4S/c28-23-20-19(15-7-3-1-4-8-15)21(16-9-5-2-6-10-16)31-22(20)25-24(32)26(23)17-11-13-18(14-12-17)27(29)30/h1-14H,(H,25,32). The van der Waals surface area contributed by atoms with Crippen molar-refractivity contribution in [1.29, 1.82) is 0 Å². The first-order valence-corrected chi connectivity index (χ1v) is 10.1. The minimum absolute atomic E-state index is 0.0718. The maximum Gasteiger partial charge on any atom is 0.270 e. The van der Waals surface area contributed by atoms with Crippen molar-refractivity contribution in [2.45, 2.75) is 0 Å². The molecule has 32 heavy (non-hydrogen) atoms. The van der Waals surface area contributed by atoms with Crippen LogP contribution >= 0.6 is 12.2 Å². The van der Waals surface area contributed by atoms with E-state index in [-0.39, 0.29) is 21.7 Å². The Morgan fingerprint density at radius 3 is 2.06 bits per heavy atom. The molecule has 3 aromatic carbocycles. The van der Waals surface area contributed by atoms with Crippen molar-refractivity contribution in [3.8, 4) is 28.1 Å². The molecule has 0 amide bonds. The van der Waals surface area contributed by atoms with Crippen LogP contribution in [0, 0.1) is 14.9 Å². The molecule has 0 radical (unpaired) electrons. The molecule has 0 unspecified atom stereocenters. The summed E-state index contributed by atoms with van der Waals surface area (Å²) in [5.74, 6) is 0.552. The topological polar surface area (TPSA) is 94.1 Å². The van der Waals surface area contributed by atoms with Gasteiger partial charge in [-0.25, -0.2) is 0 Å². The molecule has 0 aliphatic heterocycles. The summed E-state index contributed by atoms with van der Waals surface area (Å²) >= 11 is 5.43. The van der Waals surface area contributed by atoms with Gasteiger partial charge in [-0.05, 0) is 29.9 Å². The van der Waals surface area contributed by atoms with Crippen LogP contribution in [0.3, 0.4) is 0 Å². The van der Waals surface area contributed by atoms with E-state index in [9.17, 15) is 14.9 Å². The molecule has 156 valence electrons. The first kappa shape index (κ1) is 19.7. The zero-order valence-electron chi connectivity index (χ0n) is 16.5. The number of aromatic nitrogens is 2. The van der Waals surface area contributed by atoms with E-state index in [4.69, 9.17) is 16.6 Å². The molecule has 0 spiro atoms. The lowest BCUT2D eigenvalue weighted by molar-refractivity contribution is -0.384. The van der Waals surface area contributed by atoms with E-state index in [0.717, 1.165) is 11.1 Å². The van der Waals surface area contributed by atoms with Gasteiger partial charge >= 0.3 is 0 Å². The summed E-state index contributed by atoms with van der Waals surface area (Å²) < 4.78 is 7.56. The zero-order valence-corrected chi connectivity index (χ0v) is 17.3. The molecule has 0 aliphatic carbocycles. The second kappa shape index (κ2) is 7.75. The zero-order chi connectivity index (χ0) is 22.2. The van der Waals surface area contributed by atoms with E-state index >= 15 is 0 Å². The van der Waals surface area contributed by atoms with Crippen LogP contribution in [-0.2, 0) is 0 Å². The lowest BCUT2D eigenvalue weighted by Gasteiger charge is -2.07. The molecule has 0 aliphatic rings. The van der Waals surface area contributed by atoms with Crippen molar-refractivity contribution >= 4 is 29.0 Å². The van der Waals surface area contributed by atoms with Crippen molar-refractivity contribution in [2.24, 2.45) is 0 Å². The van der Waals surface area contributed by atoms with E-state index in [2.05, 4.69) is 4.98 Å². The number of nitrogens with one attached hydrogen (secondary N) is 1. The Morgan fingerprint density at radius 1 is 0.875 bits per heavy atom. The molecule has 7 nitrogen and oxygen atoms in total. The fraction of sp³-hybridized carbons (Fsp3) is 0. The fourth-order valence-electron chi connectivity index (χ4n) is 3.71. The van der Waals surface area contributed by atoms with Gasteiger partial charge in [-0.1, -0.05) is 60.7 Å². The van der Waals surface area contributed by atoms with Gasteiger partial charge < -0.3 is 9.40 Å². The molecule has 5 aromatic rings. The van der Waals surface area contributed by atoms with Gasteiger partial charge in [0.05, 0.1) is 10.6 Å². The third kappa shape index (κ3) is 3.23. The van der Waals surface area contributed by atoms with Gasteiger partial charge in [0.1, 0.15) is 11.1 Å². The van der Waals surface area contributed by atoms with Crippen LogP contribution < -0.4 is 5.56 Å². The molecular formula is C24H15N3O4S. The summed E-state index contributed by atoms with van der Waals surface area (Å²) in [6.07, 6.45) is 0. The number of nitro benzene ring substituents is 1. The highest BCUT2D eigenvalue weighted by atomic mass is 32.1. The molecule has 0 saturated carbocycles. The summed E-state index contributed by atoms with van der Waals surface area (Å²) in [6.45, 7) is 0. The quantitative estimate of drug-likeness (QED) is 0.213. The van der Waals surface area contributed by atoms with Crippen LogP contribution in [-0.4, -0.2) is 14.5 Å². The summed E-state index contributed by atoms with van der Waals surface area (Å²) in [5.41, 5.74) is 2.55. The molecule has 0 fully saturated rings. The lowest BCUT2D eigenvalue weighted by atomic mass is 10.00. The molecule has 8 heteroatoms. The molecule has 5 rings (SSSR count). The van der Waals surface area contributed by atoms with Crippen LogP contribution in [0.25, 0.3) is 39.2 Å². The van der Waals surface area contributed by atoms with Crippen molar-refractivity contribution in [2.75, 3.05) is 0 Å². The van der Waals surface area contributed by atoms with Crippen molar-refractivity contribution < 1.29 is 9.34 Å². The highest BCUT2D eigenvalue weighted by Gasteiger charge is 2.22. The summed E-state index contributed by atoms with van der Waals surface area (Å²) in [6, 6.07) is 24.7. The van der Waals surface area contributed by atoms with E-state index in [0.29, 0.717) is 22.4 Å². The third-order valence-corrected chi connectivity index (χ3v) is 5.45. The number of H-pyrrole nitrogens is 1. The Hall–Kier alpha value is -4.30. The fourth-order valence-corrected chi connectivity index (χ4v) is 3.99. The minimum atomic E-state index is -0.494. The number of aromatic amines is 1. The predicted molar refractivity (Wildman–Crippen MR) is 125 cm³/mol. The van der Waals surface area contributed by atoms with Gasteiger partial charge in [0.2, 0.25) is 5.71 Å². The molecule has 0 atom stereocenters. The average molecular weight is 441 g/mol. The number of non-ortho nitro benzene ring substituents is 1. The van der Waals surface area contributed by atoms with Crippen LogP contribution in [0.15, 0.2) is 94.1 Å². The van der Waals surface area contributed by atoms with E-state index in [1.807, 2.05) is 60.7 Å². The predicted octanol–water partition coefficient (Wildman–Crippen LogP) is 5.88. The monoisotopic (exact) mass is 441 g/mol. The molecule has 2 heterocycles. The number of fused-ring (bicyclic) bond motifs is 1. The molecule has 0 saturated heterocycles. The number of rotatable bonds is 4. The van der Waals surface area contributed by atoms with Crippen LogP contribution in [0.2, 0.25) is 0 Å². The molecule has 0 bridgehead atoms. The van der Waals surface area contributed by atoms with Gasteiger partial charge in [-0.15, -0.1) is 0 Å². The summed E-state index contributed by atoms with van der Waals surface area (Å²) in [5, 5.41) is 11.3. The van der Waals surface area contributed by atoms with Crippen LogP contribution in [0.5, 0.6) is 0 Å². The van der Waals surface area contributed by atoms with Crippen LogP contribution in [0.4, 0.5) is 5.69 Å². The van der Waals surface area contributed by atoms with Crippen LogP contribution in [0.1, 0.15) is 0 Å². The van der Waals surface area contributed by atoms with E-state index < -0.39 is 4.92 Å². The van der Waals surface area contributed by atoms with Gasteiger partial charge in [0, 0.05) is 23.3 Å². The smallest absolute Gasteiger partial charge is 0.270 e. The Balaban J connectivity index is 1.84. The molecular weight excluding hydrogens is 426 g/mol. The lowest BCUT2D eigenvalue weighted by Crippen LogP contribution is -2.20. The average Bonchev–Trinajstić information content (AvgIpc) is 3.20. The Labute approximate surface area is 186 Å². The number of furan rings is 1. The third-order valence-electron chi connectivity index (χ3n) is 5.17. The Morgan fingerprint density at radius 2 is 1.47 bits per heavy atom. The second-order valence-electron chi connectivity index (χ2n) is 7.09. The highest BCUT2D eigenvalue weighted by molar-refractivity contribution is 7.71. The van der Waals surface area contributed by atoms with Crippen molar-refractivity contribution in [3.63, 3.8) is 0 Å². The highest BCUT2D eigenvalue weighted by Crippen LogP contribution is 2.38. The SMILES string of the molecule is O=c1c2c(-c3ccccc3)c(-c3ccccc3)oc2[nH]c(=S)n1-c1ccc([N+](=O)[O-])cc1. The van der Waals surface area contributed by atoms with Gasteiger partial charge in [0.15, 0.2) is 4.77 Å². The van der Waals surface area contributed by atoms with Gasteiger partial charge in [-0.3, -0.25) is 19.5 Å². The first-order valence-electron chi connectivity index (χ1n) is 9.72. The van der Waals surface area contributed by atoms with Gasteiger partial charge in [-0.2, -0.15) is 0 Å². The maximum absolute atomic E-state index is 13.7.